The first-order valence-electron chi connectivity index (χ1n) is 12.0. The van der Waals surface area contributed by atoms with Gasteiger partial charge >= 0.3 is 149 Å². The molecule has 0 heterocycles. The van der Waals surface area contributed by atoms with Crippen LogP contribution in [-0.4, -0.2) is 86.7 Å². The fourth-order valence-corrected chi connectivity index (χ4v) is 11.6. The Morgan fingerprint density at radius 1 is 0.939 bits per heavy atom. The molecule has 0 saturated carbocycles. The van der Waals surface area contributed by atoms with Crippen molar-refractivity contribution >= 4 is 43.0 Å². The quantitative estimate of drug-likeness (QED) is 0.125. The number of hydrogen-bond donors (Lipinski definition) is 6. The molecule has 0 radical (unpaired) electrons. The van der Waals surface area contributed by atoms with Gasteiger partial charge in [-0.05, 0) is 0 Å². The molecule has 13 heteroatoms. The van der Waals surface area contributed by atoms with E-state index in [4.69, 9.17) is 4.74 Å². The normalized spacial score (nSPS) is 15.1. The van der Waals surface area contributed by atoms with E-state index in [2.05, 4.69) is 19.6 Å². The van der Waals surface area contributed by atoms with E-state index in [0.717, 1.165) is 17.5 Å². The van der Waals surface area contributed by atoms with Crippen molar-refractivity contribution in [3.05, 3.63) is 29.8 Å². The molecule has 0 bridgehead atoms. The molecule has 1 aromatic rings. The molecule has 0 aromatic heterocycles. The standard InChI is InChI=1S/C20H47NO7P2Si3/c1-32(13-4-12-31)14-5-15-33(2,3)18-28-20-8-6-19(7-9-20)10-11-21(16-29(22,23)24)17-30(25,26)27/h6-9,22-27,29-30,32H,4-5,10-18H2,1-3,31H3. The first-order chi connectivity index (χ1) is 15.2. The SMILES string of the molecule is C[SiH](CCC[SiH3])CCC[Si](C)(C)COc1ccc(CCN(C[PH](O)(O)O)C[PH](O)(O)O)cc1. The van der Waals surface area contributed by atoms with Gasteiger partial charge < -0.3 is 0 Å². The third-order valence-corrected chi connectivity index (χ3v) is 13.6. The second-order valence-electron chi connectivity index (χ2n) is 10.2. The summed E-state index contributed by atoms with van der Waals surface area (Å²) in [6.45, 7) is 7.52. The molecular weight excluding hydrogens is 512 g/mol. The molecule has 196 valence electrons. The zero-order valence-corrected chi connectivity index (χ0v) is 26.9. The maximum absolute atomic E-state index is 9.33. The summed E-state index contributed by atoms with van der Waals surface area (Å²) in [5.41, 5.74) is 0.958. The summed E-state index contributed by atoms with van der Waals surface area (Å²) in [5.74, 6) is 0.825. The predicted molar refractivity (Wildman–Crippen MR) is 151 cm³/mol. The molecular formula is C20H47NO7P2Si3. The van der Waals surface area contributed by atoms with Crippen LogP contribution in [0.1, 0.15) is 18.4 Å². The Morgan fingerprint density at radius 2 is 1.48 bits per heavy atom. The van der Waals surface area contributed by atoms with Crippen LogP contribution in [0, 0.1) is 0 Å². The van der Waals surface area contributed by atoms with E-state index < -0.39 is 45.3 Å². The third kappa shape index (κ3) is 16.5. The van der Waals surface area contributed by atoms with Gasteiger partial charge in [0.1, 0.15) is 0 Å². The van der Waals surface area contributed by atoms with E-state index in [-0.39, 0.29) is 6.54 Å². The fourth-order valence-electron chi connectivity index (χ4n) is 3.83. The van der Waals surface area contributed by atoms with Gasteiger partial charge in [-0.15, -0.1) is 0 Å². The zero-order valence-electron chi connectivity index (χ0n) is 20.7. The van der Waals surface area contributed by atoms with E-state index in [9.17, 15) is 29.4 Å². The molecule has 0 aliphatic carbocycles. The summed E-state index contributed by atoms with van der Waals surface area (Å²) in [6.07, 6.45) is 3.07. The molecule has 1 unspecified atom stereocenters. The Morgan fingerprint density at radius 3 is 2.00 bits per heavy atom. The number of rotatable bonds is 17. The van der Waals surface area contributed by atoms with Crippen molar-refractivity contribution in [1.82, 2.24) is 4.90 Å². The van der Waals surface area contributed by atoms with Crippen molar-refractivity contribution in [1.29, 1.82) is 0 Å². The van der Waals surface area contributed by atoms with Crippen LogP contribution in [-0.2, 0) is 6.42 Å². The van der Waals surface area contributed by atoms with Gasteiger partial charge in [0.25, 0.3) is 0 Å². The number of nitrogens with zero attached hydrogens (tertiary/aromatic N) is 1. The first-order valence-corrected chi connectivity index (χ1v) is 23.7. The van der Waals surface area contributed by atoms with Crippen LogP contribution >= 0.6 is 15.9 Å². The summed E-state index contributed by atoms with van der Waals surface area (Å²) >= 11 is 0. The Bertz CT molecular complexity index is 657. The number of ether oxygens (including phenoxy) is 1. The van der Waals surface area contributed by atoms with Crippen LogP contribution in [0.4, 0.5) is 0 Å². The van der Waals surface area contributed by atoms with Gasteiger partial charge in [-0.2, -0.15) is 0 Å². The van der Waals surface area contributed by atoms with Crippen molar-refractivity contribution in [3.63, 3.8) is 0 Å². The molecule has 6 N–H and O–H groups in total. The van der Waals surface area contributed by atoms with Crippen molar-refractivity contribution in [3.8, 4) is 5.75 Å². The number of hydrogen-bond acceptors (Lipinski definition) is 8. The Balaban J connectivity index is 2.48. The van der Waals surface area contributed by atoms with Crippen LogP contribution in [0.3, 0.4) is 0 Å². The molecule has 0 amide bonds. The molecule has 8 nitrogen and oxygen atoms in total. The molecule has 0 spiro atoms. The first kappa shape index (κ1) is 31.3. The summed E-state index contributed by atoms with van der Waals surface area (Å²) in [6, 6.07) is 13.4. The van der Waals surface area contributed by atoms with Crippen LogP contribution in [0.2, 0.25) is 43.8 Å². The van der Waals surface area contributed by atoms with E-state index in [1.165, 1.54) is 52.2 Å². The van der Waals surface area contributed by atoms with E-state index in [1.807, 2.05) is 24.3 Å². The second-order valence-corrected chi connectivity index (χ2v) is 23.5. The third-order valence-electron chi connectivity index (χ3n) is 5.74. The van der Waals surface area contributed by atoms with Crippen LogP contribution < -0.4 is 4.74 Å². The van der Waals surface area contributed by atoms with E-state index >= 15 is 0 Å². The van der Waals surface area contributed by atoms with Crippen molar-refractivity contribution < 1.29 is 34.1 Å². The summed E-state index contributed by atoms with van der Waals surface area (Å²) < 4.78 is 6.09. The van der Waals surface area contributed by atoms with Gasteiger partial charge in [0, 0.05) is 19.0 Å². The van der Waals surface area contributed by atoms with Gasteiger partial charge in [0.05, 0.1) is 0 Å². The fraction of sp³-hybridized carbons (Fsp3) is 0.700. The summed E-state index contributed by atoms with van der Waals surface area (Å²) in [5, 5.41) is 0. The molecule has 0 fully saturated rings. The summed E-state index contributed by atoms with van der Waals surface area (Å²) in [4.78, 5) is 57.2. The van der Waals surface area contributed by atoms with Crippen LogP contribution in [0.25, 0.3) is 0 Å². The van der Waals surface area contributed by atoms with Gasteiger partial charge in [-0.3, -0.25) is 0 Å². The minimum atomic E-state index is -4.42. The van der Waals surface area contributed by atoms with Crippen LogP contribution in [0.5, 0.6) is 5.75 Å². The van der Waals surface area contributed by atoms with E-state index in [1.54, 1.807) is 0 Å². The van der Waals surface area contributed by atoms with Gasteiger partial charge in [0.15, 0.2) is 0 Å². The molecule has 1 aromatic carbocycles. The Labute approximate surface area is 205 Å². The molecule has 0 aliphatic heterocycles. The molecule has 0 aliphatic rings. The molecule has 1 atom stereocenters. The average molecular weight is 560 g/mol. The van der Waals surface area contributed by atoms with Crippen molar-refractivity contribution in [2.24, 2.45) is 0 Å². The minimum absolute atomic E-state index is 0.231. The molecule has 33 heavy (non-hydrogen) atoms. The average Bonchev–Trinajstić information content (AvgIpc) is 2.67. The number of benzene rings is 1. The van der Waals surface area contributed by atoms with Gasteiger partial charge in [-0.1, -0.05) is 37.5 Å². The Hall–Kier alpha value is 0.251. The second kappa shape index (κ2) is 14.7. The summed E-state index contributed by atoms with van der Waals surface area (Å²) in [7, 11) is -9.42. The Kier molecular flexibility index (Phi) is 14.0. The molecule has 0 saturated heterocycles. The maximum atomic E-state index is 9.33. The van der Waals surface area contributed by atoms with Gasteiger partial charge in [0.2, 0.25) is 0 Å². The van der Waals surface area contributed by atoms with E-state index in [0.29, 0.717) is 6.42 Å². The van der Waals surface area contributed by atoms with Crippen molar-refractivity contribution in [2.75, 3.05) is 25.3 Å². The van der Waals surface area contributed by atoms with Crippen LogP contribution in [0.15, 0.2) is 24.3 Å². The predicted octanol–water partition coefficient (Wildman–Crippen LogP) is 1.44. The van der Waals surface area contributed by atoms with Crippen molar-refractivity contribution in [2.45, 2.75) is 63.1 Å². The topological polar surface area (TPSA) is 134 Å². The monoisotopic (exact) mass is 559 g/mol. The molecule has 1 rings (SSSR count). The zero-order chi connectivity index (χ0) is 25.1. The van der Waals surface area contributed by atoms with Gasteiger partial charge in [-0.25, -0.2) is 0 Å².